The summed E-state index contributed by atoms with van der Waals surface area (Å²) in [5.41, 5.74) is 6.47. The first-order valence-corrected chi connectivity index (χ1v) is 7.55. The summed E-state index contributed by atoms with van der Waals surface area (Å²) in [7, 11) is 0. The SMILES string of the molecule is Nc1c(Nc2ccc(Br)cn2)ncnc1Nc1nccs1. The third-order valence-corrected chi connectivity index (χ3v) is 3.67. The third-order valence-electron chi connectivity index (χ3n) is 2.52. The van der Waals surface area contributed by atoms with Gasteiger partial charge in [0.2, 0.25) is 0 Å². The molecule has 21 heavy (non-hydrogen) atoms. The van der Waals surface area contributed by atoms with Crippen LogP contribution in [0.15, 0.2) is 40.7 Å². The molecule has 0 atom stereocenters. The van der Waals surface area contributed by atoms with E-state index in [2.05, 4.69) is 46.5 Å². The first-order valence-electron chi connectivity index (χ1n) is 5.88. The van der Waals surface area contributed by atoms with Crippen LogP contribution in [0.25, 0.3) is 0 Å². The molecule has 3 aromatic heterocycles. The molecule has 106 valence electrons. The van der Waals surface area contributed by atoms with Gasteiger partial charge in [-0.15, -0.1) is 11.3 Å². The molecule has 0 saturated carbocycles. The number of rotatable bonds is 4. The second kappa shape index (κ2) is 6.02. The van der Waals surface area contributed by atoms with E-state index < -0.39 is 0 Å². The zero-order valence-electron chi connectivity index (χ0n) is 10.6. The largest absolute Gasteiger partial charge is 0.393 e. The van der Waals surface area contributed by atoms with Crippen LogP contribution in [-0.2, 0) is 0 Å². The topological polar surface area (TPSA) is 102 Å². The lowest BCUT2D eigenvalue weighted by Gasteiger charge is -2.10. The number of hydrogen-bond acceptors (Lipinski definition) is 8. The molecule has 0 saturated heterocycles. The minimum Gasteiger partial charge on any atom is -0.393 e. The van der Waals surface area contributed by atoms with E-state index in [1.165, 1.54) is 17.7 Å². The van der Waals surface area contributed by atoms with Crippen LogP contribution in [0.2, 0.25) is 0 Å². The highest BCUT2D eigenvalue weighted by atomic mass is 79.9. The standard InChI is InChI=1S/C12H10BrN7S/c13-7-1-2-8(16-5-7)19-10-9(14)11(18-6-17-10)20-12-15-3-4-21-12/h1-6H,14H2,(H2,15,16,17,18,19,20). The predicted octanol–water partition coefficient (Wildman–Crippen LogP) is 3.16. The Morgan fingerprint density at radius 3 is 2.52 bits per heavy atom. The third kappa shape index (κ3) is 3.26. The fourth-order valence-corrected chi connectivity index (χ4v) is 2.31. The Labute approximate surface area is 132 Å². The van der Waals surface area contributed by atoms with Gasteiger partial charge in [0.1, 0.15) is 17.8 Å². The van der Waals surface area contributed by atoms with Crippen molar-refractivity contribution in [2.45, 2.75) is 0 Å². The lowest BCUT2D eigenvalue weighted by atomic mass is 10.4. The molecule has 0 amide bonds. The molecule has 0 aliphatic rings. The second-order valence-corrected chi connectivity index (χ2v) is 5.74. The molecular weight excluding hydrogens is 354 g/mol. The summed E-state index contributed by atoms with van der Waals surface area (Å²) in [4.78, 5) is 16.6. The van der Waals surface area contributed by atoms with E-state index in [-0.39, 0.29) is 0 Å². The summed E-state index contributed by atoms with van der Waals surface area (Å²) in [6.45, 7) is 0. The molecule has 0 radical (unpaired) electrons. The summed E-state index contributed by atoms with van der Waals surface area (Å²) in [6, 6.07) is 3.70. The summed E-state index contributed by atoms with van der Waals surface area (Å²) in [5.74, 6) is 1.63. The number of thiazole rings is 1. The van der Waals surface area contributed by atoms with E-state index in [4.69, 9.17) is 5.73 Å². The lowest BCUT2D eigenvalue weighted by molar-refractivity contribution is 1.16. The van der Waals surface area contributed by atoms with Gasteiger partial charge in [-0.05, 0) is 28.1 Å². The molecule has 0 spiro atoms. The number of aromatic nitrogens is 4. The van der Waals surface area contributed by atoms with Crippen LogP contribution < -0.4 is 16.4 Å². The van der Waals surface area contributed by atoms with Gasteiger partial charge in [-0.1, -0.05) is 0 Å². The molecule has 0 aromatic carbocycles. The molecule has 3 heterocycles. The van der Waals surface area contributed by atoms with Gasteiger partial charge in [0.25, 0.3) is 0 Å². The minimum atomic E-state index is 0.400. The molecule has 3 rings (SSSR count). The van der Waals surface area contributed by atoms with Gasteiger partial charge >= 0.3 is 0 Å². The Morgan fingerprint density at radius 2 is 1.86 bits per heavy atom. The highest BCUT2D eigenvalue weighted by molar-refractivity contribution is 9.10. The van der Waals surface area contributed by atoms with Crippen molar-refractivity contribution in [1.29, 1.82) is 0 Å². The molecule has 3 aromatic rings. The Hall–Kier alpha value is -2.26. The summed E-state index contributed by atoms with van der Waals surface area (Å²) >= 11 is 4.80. The minimum absolute atomic E-state index is 0.400. The zero-order chi connectivity index (χ0) is 14.7. The Morgan fingerprint density at radius 1 is 1.05 bits per heavy atom. The van der Waals surface area contributed by atoms with Gasteiger partial charge in [-0.2, -0.15) is 0 Å². The van der Waals surface area contributed by atoms with Crippen molar-refractivity contribution in [3.63, 3.8) is 0 Å². The average Bonchev–Trinajstić information content (AvgIpc) is 2.99. The maximum atomic E-state index is 6.07. The fourth-order valence-electron chi connectivity index (χ4n) is 1.55. The number of halogens is 1. The van der Waals surface area contributed by atoms with Gasteiger partial charge in [-0.25, -0.2) is 19.9 Å². The molecule has 0 aliphatic carbocycles. The molecular formula is C12H10BrN7S. The first-order chi connectivity index (χ1) is 10.2. The Bertz CT molecular complexity index is 730. The van der Waals surface area contributed by atoms with Crippen molar-refractivity contribution in [3.05, 3.63) is 40.7 Å². The van der Waals surface area contributed by atoms with Crippen LogP contribution in [-0.4, -0.2) is 19.9 Å². The molecule has 0 bridgehead atoms. The monoisotopic (exact) mass is 363 g/mol. The van der Waals surface area contributed by atoms with Crippen LogP contribution in [0.4, 0.5) is 28.3 Å². The van der Waals surface area contributed by atoms with Crippen LogP contribution in [0, 0.1) is 0 Å². The normalized spacial score (nSPS) is 10.3. The zero-order valence-corrected chi connectivity index (χ0v) is 13.0. The van der Waals surface area contributed by atoms with Crippen molar-refractivity contribution in [3.8, 4) is 0 Å². The number of nitrogens with one attached hydrogen (secondary N) is 2. The van der Waals surface area contributed by atoms with Crippen molar-refractivity contribution in [2.75, 3.05) is 16.4 Å². The Kier molecular flexibility index (Phi) is 3.93. The number of nitrogens with zero attached hydrogens (tertiary/aromatic N) is 4. The number of pyridine rings is 1. The fraction of sp³-hybridized carbons (Fsp3) is 0. The summed E-state index contributed by atoms with van der Waals surface area (Å²) in [6.07, 6.45) is 4.82. The van der Waals surface area contributed by atoms with E-state index in [1.54, 1.807) is 12.4 Å². The molecule has 4 N–H and O–H groups in total. The Balaban J connectivity index is 1.84. The van der Waals surface area contributed by atoms with Crippen LogP contribution in [0.5, 0.6) is 0 Å². The van der Waals surface area contributed by atoms with E-state index in [0.29, 0.717) is 28.3 Å². The first kappa shape index (κ1) is 13.7. The smallest absolute Gasteiger partial charge is 0.188 e. The van der Waals surface area contributed by atoms with Gasteiger partial charge in [-0.3, -0.25) is 0 Å². The average molecular weight is 364 g/mol. The molecule has 9 heteroatoms. The second-order valence-electron chi connectivity index (χ2n) is 3.93. The number of hydrogen-bond donors (Lipinski definition) is 3. The van der Waals surface area contributed by atoms with Crippen molar-refractivity contribution in [2.24, 2.45) is 0 Å². The molecule has 0 unspecified atom stereocenters. The summed E-state index contributed by atoms with van der Waals surface area (Å²) in [5, 5.41) is 8.69. The summed E-state index contributed by atoms with van der Waals surface area (Å²) < 4.78 is 0.898. The van der Waals surface area contributed by atoms with Crippen LogP contribution >= 0.6 is 27.3 Å². The van der Waals surface area contributed by atoms with Crippen molar-refractivity contribution < 1.29 is 0 Å². The highest BCUT2D eigenvalue weighted by Gasteiger charge is 2.10. The maximum absolute atomic E-state index is 6.07. The van der Waals surface area contributed by atoms with E-state index in [1.807, 2.05) is 17.5 Å². The number of anilines is 5. The van der Waals surface area contributed by atoms with E-state index in [9.17, 15) is 0 Å². The molecule has 0 aliphatic heterocycles. The predicted molar refractivity (Wildman–Crippen MR) is 87.1 cm³/mol. The van der Waals surface area contributed by atoms with Crippen molar-refractivity contribution in [1.82, 2.24) is 19.9 Å². The van der Waals surface area contributed by atoms with Crippen LogP contribution in [0.1, 0.15) is 0 Å². The number of nitrogen functional groups attached to an aromatic ring is 1. The van der Waals surface area contributed by atoms with Crippen LogP contribution in [0.3, 0.4) is 0 Å². The quantitative estimate of drug-likeness (QED) is 0.654. The molecule has 0 fully saturated rings. The van der Waals surface area contributed by atoms with Crippen molar-refractivity contribution >= 4 is 55.5 Å². The van der Waals surface area contributed by atoms with E-state index >= 15 is 0 Å². The highest BCUT2D eigenvalue weighted by Crippen LogP contribution is 2.28. The lowest BCUT2D eigenvalue weighted by Crippen LogP contribution is -2.05. The van der Waals surface area contributed by atoms with Gasteiger partial charge in [0.05, 0.1) is 0 Å². The maximum Gasteiger partial charge on any atom is 0.188 e. The van der Waals surface area contributed by atoms with Gasteiger partial charge < -0.3 is 16.4 Å². The number of nitrogens with two attached hydrogens (primary N) is 1. The molecule has 7 nitrogen and oxygen atoms in total. The van der Waals surface area contributed by atoms with Gasteiger partial charge in [0.15, 0.2) is 16.8 Å². The van der Waals surface area contributed by atoms with E-state index in [0.717, 1.165) is 4.47 Å². The van der Waals surface area contributed by atoms with Gasteiger partial charge in [0, 0.05) is 22.2 Å².